The number of nitro groups is 1. The number of hydrogen-bond acceptors (Lipinski definition) is 7. The minimum Gasteiger partial charge on any atom is -0.462 e. The molecule has 4 aromatic rings. The molecule has 0 aliphatic rings. The van der Waals surface area contributed by atoms with Gasteiger partial charge in [0.1, 0.15) is 11.3 Å². The van der Waals surface area contributed by atoms with E-state index >= 15 is 0 Å². The van der Waals surface area contributed by atoms with E-state index in [1.807, 2.05) is 0 Å². The van der Waals surface area contributed by atoms with Crippen LogP contribution in [0.15, 0.2) is 101 Å². The quantitative estimate of drug-likeness (QED) is 0.121. The number of ether oxygens (including phenoxy) is 2. The highest BCUT2D eigenvalue weighted by Gasteiger charge is 2.32. The van der Waals surface area contributed by atoms with Crippen LogP contribution in [0.3, 0.4) is 0 Å². The fourth-order valence-electron chi connectivity index (χ4n) is 3.64. The molecular weight excluding hydrogens is 561 g/mol. The molecule has 210 valence electrons. The third-order valence-electron chi connectivity index (χ3n) is 5.55. The molecule has 12 heteroatoms. The zero-order valence-electron chi connectivity index (χ0n) is 21.3. The molecule has 8 nitrogen and oxygen atoms in total. The van der Waals surface area contributed by atoms with Gasteiger partial charge in [-0.2, -0.15) is 13.2 Å². The maximum atomic E-state index is 13.5. The number of benzene rings is 4. The molecular formula is C29H21F3N2O6S. The summed E-state index contributed by atoms with van der Waals surface area (Å²) in [6.07, 6.45) is -4.74. The van der Waals surface area contributed by atoms with E-state index in [9.17, 15) is 32.9 Å². The van der Waals surface area contributed by atoms with Crippen LogP contribution < -0.4 is 10.1 Å². The molecule has 4 aromatic carbocycles. The van der Waals surface area contributed by atoms with Crippen molar-refractivity contribution in [3.05, 3.63) is 118 Å². The lowest BCUT2D eigenvalue weighted by atomic mass is 10.1. The highest BCUT2D eigenvalue weighted by Crippen LogP contribution is 2.39. The van der Waals surface area contributed by atoms with Crippen LogP contribution in [-0.4, -0.2) is 23.4 Å². The number of nitrogens with one attached hydrogen (secondary N) is 1. The molecule has 4 rings (SSSR count). The van der Waals surface area contributed by atoms with Gasteiger partial charge in [0.2, 0.25) is 0 Å². The smallest absolute Gasteiger partial charge is 0.416 e. The second kappa shape index (κ2) is 12.6. The summed E-state index contributed by atoms with van der Waals surface area (Å²) in [5.74, 6) is -1.83. The van der Waals surface area contributed by atoms with Gasteiger partial charge in [0, 0.05) is 16.5 Å². The van der Waals surface area contributed by atoms with Gasteiger partial charge in [-0.25, -0.2) is 4.79 Å². The second-order valence-electron chi connectivity index (χ2n) is 8.34. The number of para-hydroxylation sites is 1. The van der Waals surface area contributed by atoms with Gasteiger partial charge in [-0.3, -0.25) is 14.9 Å². The Morgan fingerprint density at radius 1 is 0.927 bits per heavy atom. The average molecular weight is 583 g/mol. The summed E-state index contributed by atoms with van der Waals surface area (Å²) in [6, 6.07) is 21.0. The Hall–Kier alpha value is -4.84. The molecule has 0 saturated carbocycles. The lowest BCUT2D eigenvalue weighted by Crippen LogP contribution is -2.15. The molecule has 0 unspecified atom stereocenters. The number of amides is 1. The first-order valence-electron chi connectivity index (χ1n) is 12.0. The standard InChI is InChI=1S/C29H21F3N2O6S/c1-2-39-28(36)21-10-6-7-11-24(21)40-25-14-13-19(29(30,31)32)17-22(25)33-27(35)18-12-15-26(23(16-18)34(37)38)41-20-8-4-3-5-9-20/h3-17H,2H2,1H3,(H,33,35). The zero-order valence-corrected chi connectivity index (χ0v) is 22.1. The van der Waals surface area contributed by atoms with Crippen molar-refractivity contribution in [1.82, 2.24) is 0 Å². The summed E-state index contributed by atoms with van der Waals surface area (Å²) in [4.78, 5) is 37.6. The van der Waals surface area contributed by atoms with Gasteiger partial charge in [0.15, 0.2) is 5.75 Å². The number of carbonyl (C=O) groups excluding carboxylic acids is 2. The van der Waals surface area contributed by atoms with Gasteiger partial charge >= 0.3 is 12.1 Å². The van der Waals surface area contributed by atoms with E-state index in [0.717, 1.165) is 34.9 Å². The summed E-state index contributed by atoms with van der Waals surface area (Å²) in [5, 5.41) is 14.1. The largest absolute Gasteiger partial charge is 0.462 e. The molecule has 0 aliphatic carbocycles. The SMILES string of the molecule is CCOC(=O)c1ccccc1Oc1ccc(C(F)(F)F)cc1NC(=O)c1ccc(Sc2ccccc2)c([N+](=O)[O-])c1. The van der Waals surface area contributed by atoms with Gasteiger partial charge in [0.05, 0.1) is 27.7 Å². The third kappa shape index (κ3) is 7.22. The number of hydrogen-bond donors (Lipinski definition) is 1. The van der Waals surface area contributed by atoms with Crippen molar-refractivity contribution in [2.75, 3.05) is 11.9 Å². The van der Waals surface area contributed by atoms with Crippen LogP contribution in [0.1, 0.15) is 33.2 Å². The van der Waals surface area contributed by atoms with Crippen molar-refractivity contribution in [2.45, 2.75) is 22.9 Å². The molecule has 1 amide bonds. The molecule has 0 saturated heterocycles. The molecule has 0 bridgehead atoms. The van der Waals surface area contributed by atoms with Crippen molar-refractivity contribution < 1.29 is 37.2 Å². The predicted octanol–water partition coefficient (Wildman–Crippen LogP) is 7.99. The minimum atomic E-state index is -4.74. The first-order valence-corrected chi connectivity index (χ1v) is 12.9. The zero-order chi connectivity index (χ0) is 29.6. The summed E-state index contributed by atoms with van der Waals surface area (Å²) in [6.45, 7) is 1.70. The molecule has 0 radical (unpaired) electrons. The molecule has 0 spiro atoms. The topological polar surface area (TPSA) is 108 Å². The van der Waals surface area contributed by atoms with E-state index in [4.69, 9.17) is 9.47 Å². The van der Waals surface area contributed by atoms with Gasteiger partial charge in [-0.05, 0) is 61.5 Å². The van der Waals surface area contributed by atoms with Crippen LogP contribution in [0, 0.1) is 10.1 Å². The van der Waals surface area contributed by atoms with Gasteiger partial charge in [-0.15, -0.1) is 0 Å². The predicted molar refractivity (Wildman–Crippen MR) is 146 cm³/mol. The maximum Gasteiger partial charge on any atom is 0.416 e. The molecule has 1 N–H and O–H groups in total. The van der Waals surface area contributed by atoms with Crippen LogP contribution in [-0.2, 0) is 10.9 Å². The number of anilines is 1. The molecule has 0 heterocycles. The first kappa shape index (κ1) is 29.2. The van der Waals surface area contributed by atoms with E-state index in [0.29, 0.717) is 6.07 Å². The summed E-state index contributed by atoms with van der Waals surface area (Å²) in [5.41, 5.74) is -1.93. The summed E-state index contributed by atoms with van der Waals surface area (Å²) in [7, 11) is 0. The van der Waals surface area contributed by atoms with Crippen LogP contribution in [0.4, 0.5) is 24.5 Å². The van der Waals surface area contributed by atoms with Crippen molar-refractivity contribution in [3.8, 4) is 11.5 Å². The van der Waals surface area contributed by atoms with Crippen LogP contribution in [0.25, 0.3) is 0 Å². The van der Waals surface area contributed by atoms with E-state index < -0.39 is 28.5 Å². The monoisotopic (exact) mass is 582 g/mol. The lowest BCUT2D eigenvalue weighted by molar-refractivity contribution is -0.387. The number of nitro benzene ring substituents is 1. The third-order valence-corrected chi connectivity index (χ3v) is 6.62. The Balaban J connectivity index is 1.68. The number of rotatable bonds is 9. The van der Waals surface area contributed by atoms with Crippen molar-refractivity contribution >= 4 is 35.0 Å². The highest BCUT2D eigenvalue weighted by atomic mass is 32.2. The Kier molecular flexibility index (Phi) is 8.93. The van der Waals surface area contributed by atoms with Gasteiger partial charge in [0.25, 0.3) is 11.6 Å². The number of halogens is 3. The Morgan fingerprint density at radius 2 is 1.63 bits per heavy atom. The van der Waals surface area contributed by atoms with Crippen LogP contribution >= 0.6 is 11.8 Å². The van der Waals surface area contributed by atoms with Crippen molar-refractivity contribution in [3.63, 3.8) is 0 Å². The molecule has 0 fully saturated rings. The maximum absolute atomic E-state index is 13.5. The summed E-state index contributed by atoms with van der Waals surface area (Å²) >= 11 is 1.13. The van der Waals surface area contributed by atoms with Gasteiger partial charge < -0.3 is 14.8 Å². The lowest BCUT2D eigenvalue weighted by Gasteiger charge is -2.16. The number of nitrogens with zero attached hydrogens (tertiary/aromatic N) is 1. The van der Waals surface area contributed by atoms with E-state index in [1.54, 1.807) is 49.4 Å². The molecule has 41 heavy (non-hydrogen) atoms. The normalized spacial score (nSPS) is 11.0. The number of carbonyl (C=O) groups is 2. The minimum absolute atomic E-state index is 0.0147. The summed E-state index contributed by atoms with van der Waals surface area (Å²) < 4.78 is 51.3. The molecule has 0 aromatic heterocycles. The Labute approximate surface area is 236 Å². The number of esters is 1. The average Bonchev–Trinajstić information content (AvgIpc) is 2.94. The highest BCUT2D eigenvalue weighted by molar-refractivity contribution is 7.99. The molecule has 0 atom stereocenters. The first-order chi connectivity index (χ1) is 19.6. The van der Waals surface area contributed by atoms with E-state index in [2.05, 4.69) is 5.32 Å². The number of alkyl halides is 3. The fourth-order valence-corrected chi connectivity index (χ4v) is 4.56. The Bertz CT molecular complexity index is 1600. The van der Waals surface area contributed by atoms with Crippen molar-refractivity contribution in [1.29, 1.82) is 0 Å². The van der Waals surface area contributed by atoms with Crippen LogP contribution in [0.5, 0.6) is 11.5 Å². The Morgan fingerprint density at radius 3 is 2.32 bits per heavy atom. The van der Waals surface area contributed by atoms with E-state index in [-0.39, 0.29) is 45.5 Å². The van der Waals surface area contributed by atoms with E-state index in [1.165, 1.54) is 24.3 Å². The second-order valence-corrected chi connectivity index (χ2v) is 9.45. The fraction of sp³-hybridized carbons (Fsp3) is 0.103. The van der Waals surface area contributed by atoms with Crippen LogP contribution in [0.2, 0.25) is 0 Å². The molecule has 0 aliphatic heterocycles. The van der Waals surface area contributed by atoms with Crippen molar-refractivity contribution in [2.24, 2.45) is 0 Å². The van der Waals surface area contributed by atoms with Gasteiger partial charge in [-0.1, -0.05) is 42.1 Å².